The lowest BCUT2D eigenvalue weighted by atomic mass is 10.1. The van der Waals surface area contributed by atoms with Gasteiger partial charge in [0.15, 0.2) is 5.82 Å². The number of nitrogens with two attached hydrogens (primary N) is 1. The van der Waals surface area contributed by atoms with Crippen molar-refractivity contribution in [2.24, 2.45) is 7.05 Å². The first-order valence-corrected chi connectivity index (χ1v) is 6.72. The molecule has 2 aromatic rings. The van der Waals surface area contributed by atoms with Crippen molar-refractivity contribution in [2.75, 3.05) is 17.7 Å². The maximum atomic E-state index is 6.18. The van der Waals surface area contributed by atoms with Gasteiger partial charge in [-0.05, 0) is 30.5 Å². The first-order chi connectivity index (χ1) is 9.08. The number of hydrogen-bond donors (Lipinski definition) is 1. The Bertz CT molecular complexity index is 554. The van der Waals surface area contributed by atoms with Crippen LogP contribution in [0.25, 0.3) is 0 Å². The van der Waals surface area contributed by atoms with Gasteiger partial charge in [-0.2, -0.15) is 5.10 Å². The molecule has 0 bridgehead atoms. The Morgan fingerprint density at radius 1 is 1.16 bits per heavy atom. The van der Waals surface area contributed by atoms with E-state index in [1.54, 1.807) is 0 Å². The van der Waals surface area contributed by atoms with Gasteiger partial charge in [0, 0.05) is 19.8 Å². The molecule has 0 saturated heterocycles. The number of aromatic nitrogens is 2. The number of aryl methyl sites for hydroxylation is 3. The molecule has 0 amide bonds. The van der Waals surface area contributed by atoms with Crippen LogP contribution in [0.1, 0.15) is 25.1 Å². The van der Waals surface area contributed by atoms with Crippen LogP contribution in [0, 0.1) is 0 Å². The summed E-state index contributed by atoms with van der Waals surface area (Å²) in [4.78, 5) is 2.08. The molecule has 102 valence electrons. The van der Waals surface area contributed by atoms with Gasteiger partial charge in [-0.25, -0.2) is 0 Å². The highest BCUT2D eigenvalue weighted by atomic mass is 15.4. The summed E-state index contributed by atoms with van der Waals surface area (Å²) in [7, 11) is 3.95. The Morgan fingerprint density at radius 2 is 1.79 bits per heavy atom. The van der Waals surface area contributed by atoms with Gasteiger partial charge >= 0.3 is 0 Å². The first kappa shape index (κ1) is 13.5. The Hall–Kier alpha value is -1.97. The maximum Gasteiger partial charge on any atom is 0.154 e. The summed E-state index contributed by atoms with van der Waals surface area (Å²) in [6.45, 7) is 4.23. The summed E-state index contributed by atoms with van der Waals surface area (Å²) in [5.74, 6) is 0.945. The van der Waals surface area contributed by atoms with Crippen molar-refractivity contribution in [2.45, 2.75) is 26.7 Å². The number of nitrogens with zero attached hydrogens (tertiary/aromatic N) is 3. The van der Waals surface area contributed by atoms with Crippen molar-refractivity contribution in [3.8, 4) is 0 Å². The van der Waals surface area contributed by atoms with Crippen molar-refractivity contribution < 1.29 is 0 Å². The third-order valence-corrected chi connectivity index (χ3v) is 3.51. The monoisotopic (exact) mass is 258 g/mol. The molecule has 2 N–H and O–H groups in total. The Labute approximate surface area is 114 Å². The van der Waals surface area contributed by atoms with E-state index in [2.05, 4.69) is 48.1 Å². The average Bonchev–Trinajstić information content (AvgIpc) is 2.72. The predicted molar refractivity (Wildman–Crippen MR) is 80.9 cm³/mol. The third-order valence-electron chi connectivity index (χ3n) is 3.51. The van der Waals surface area contributed by atoms with Crippen LogP contribution in [0.4, 0.5) is 17.2 Å². The predicted octanol–water partition coefficient (Wildman–Crippen LogP) is 2.90. The molecule has 0 aliphatic carbocycles. The molecule has 0 spiro atoms. The van der Waals surface area contributed by atoms with Crippen molar-refractivity contribution >= 4 is 17.2 Å². The Balaban J connectivity index is 2.37. The lowest BCUT2D eigenvalue weighted by molar-refractivity contribution is 0.741. The molecule has 0 saturated carbocycles. The zero-order valence-electron chi connectivity index (χ0n) is 12.1. The molecular formula is C15H22N4. The molecule has 1 aromatic carbocycles. The smallest absolute Gasteiger partial charge is 0.154 e. The average molecular weight is 258 g/mol. The van der Waals surface area contributed by atoms with E-state index in [0.29, 0.717) is 0 Å². The maximum absolute atomic E-state index is 6.18. The molecule has 0 atom stereocenters. The normalized spacial score (nSPS) is 10.7. The van der Waals surface area contributed by atoms with Crippen LogP contribution in [0.15, 0.2) is 24.3 Å². The molecule has 0 aliphatic heterocycles. The fraction of sp³-hybridized carbons (Fsp3) is 0.400. The summed E-state index contributed by atoms with van der Waals surface area (Å²) in [6, 6.07) is 8.55. The van der Waals surface area contributed by atoms with Crippen LogP contribution in [0.3, 0.4) is 0 Å². The van der Waals surface area contributed by atoms with Gasteiger partial charge in [-0.1, -0.05) is 26.0 Å². The molecule has 19 heavy (non-hydrogen) atoms. The summed E-state index contributed by atoms with van der Waals surface area (Å²) in [5.41, 5.74) is 10.4. The third kappa shape index (κ3) is 2.43. The van der Waals surface area contributed by atoms with E-state index in [1.165, 1.54) is 5.56 Å². The summed E-state index contributed by atoms with van der Waals surface area (Å²) in [6.07, 6.45) is 1.90. The van der Waals surface area contributed by atoms with Crippen LogP contribution in [-0.4, -0.2) is 16.8 Å². The van der Waals surface area contributed by atoms with Crippen LogP contribution in [0.2, 0.25) is 0 Å². The van der Waals surface area contributed by atoms with Crippen LogP contribution >= 0.6 is 0 Å². The number of rotatable bonds is 4. The lowest BCUT2D eigenvalue weighted by Gasteiger charge is -2.20. The molecule has 0 unspecified atom stereocenters. The standard InChI is InChI=1S/C15H22N4/c1-5-11-7-9-12(10-8-11)18(3)15-14(16)13(6-2)17-19(15)4/h7-10H,5-6,16H2,1-4H3. The van der Waals surface area contributed by atoms with Gasteiger partial charge in [0.2, 0.25) is 0 Å². The second-order valence-electron chi connectivity index (χ2n) is 4.74. The van der Waals surface area contributed by atoms with E-state index in [1.807, 2.05) is 18.8 Å². The minimum Gasteiger partial charge on any atom is -0.394 e. The molecule has 1 aromatic heterocycles. The minimum absolute atomic E-state index is 0.770. The van der Waals surface area contributed by atoms with E-state index >= 15 is 0 Å². The highest BCUT2D eigenvalue weighted by Gasteiger charge is 2.16. The topological polar surface area (TPSA) is 47.1 Å². The van der Waals surface area contributed by atoms with Crippen molar-refractivity contribution in [3.05, 3.63) is 35.5 Å². The van der Waals surface area contributed by atoms with Gasteiger partial charge in [0.1, 0.15) is 0 Å². The number of benzene rings is 1. The van der Waals surface area contributed by atoms with Gasteiger partial charge in [0.05, 0.1) is 11.4 Å². The molecular weight excluding hydrogens is 236 g/mol. The Kier molecular flexibility index (Phi) is 3.79. The van der Waals surface area contributed by atoms with Gasteiger partial charge in [-0.15, -0.1) is 0 Å². The van der Waals surface area contributed by atoms with Crippen LogP contribution < -0.4 is 10.6 Å². The SMILES string of the molecule is CCc1ccc(N(C)c2c(N)c(CC)nn2C)cc1. The highest BCUT2D eigenvalue weighted by Crippen LogP contribution is 2.31. The van der Waals surface area contributed by atoms with E-state index in [9.17, 15) is 0 Å². The van der Waals surface area contributed by atoms with E-state index < -0.39 is 0 Å². The quantitative estimate of drug-likeness (QED) is 0.917. The van der Waals surface area contributed by atoms with Crippen molar-refractivity contribution in [1.82, 2.24) is 9.78 Å². The molecule has 4 heteroatoms. The van der Waals surface area contributed by atoms with Crippen molar-refractivity contribution in [3.63, 3.8) is 0 Å². The molecule has 0 fully saturated rings. The van der Waals surface area contributed by atoms with Gasteiger partial charge in [-0.3, -0.25) is 4.68 Å². The van der Waals surface area contributed by atoms with Gasteiger partial charge < -0.3 is 10.6 Å². The molecule has 0 aliphatic rings. The van der Waals surface area contributed by atoms with Crippen LogP contribution in [-0.2, 0) is 19.9 Å². The van der Waals surface area contributed by atoms with Gasteiger partial charge in [0.25, 0.3) is 0 Å². The first-order valence-electron chi connectivity index (χ1n) is 6.72. The second kappa shape index (κ2) is 5.34. The number of nitrogen functional groups attached to an aromatic ring is 1. The van der Waals surface area contributed by atoms with Crippen molar-refractivity contribution in [1.29, 1.82) is 0 Å². The zero-order valence-corrected chi connectivity index (χ0v) is 12.1. The minimum atomic E-state index is 0.770. The van der Waals surface area contributed by atoms with Crippen LogP contribution in [0.5, 0.6) is 0 Å². The largest absolute Gasteiger partial charge is 0.394 e. The number of hydrogen-bond acceptors (Lipinski definition) is 3. The fourth-order valence-electron chi connectivity index (χ4n) is 2.32. The summed E-state index contributed by atoms with van der Waals surface area (Å²) < 4.78 is 1.85. The van der Waals surface area contributed by atoms with E-state index in [-0.39, 0.29) is 0 Å². The molecule has 1 heterocycles. The van der Waals surface area contributed by atoms with E-state index in [0.717, 1.165) is 35.7 Å². The fourth-order valence-corrected chi connectivity index (χ4v) is 2.32. The summed E-state index contributed by atoms with van der Waals surface area (Å²) >= 11 is 0. The van der Waals surface area contributed by atoms with E-state index in [4.69, 9.17) is 5.73 Å². The molecule has 2 rings (SSSR count). The lowest BCUT2D eigenvalue weighted by Crippen LogP contribution is -2.15. The second-order valence-corrected chi connectivity index (χ2v) is 4.74. The molecule has 0 radical (unpaired) electrons. The molecule has 4 nitrogen and oxygen atoms in total. The zero-order chi connectivity index (χ0) is 14.0. The Morgan fingerprint density at radius 3 is 2.26 bits per heavy atom. The highest BCUT2D eigenvalue weighted by molar-refractivity contribution is 5.73. The number of anilines is 3. The summed E-state index contributed by atoms with van der Waals surface area (Å²) in [5, 5.41) is 4.46.